The largest absolute Gasteiger partial charge is 0.508 e. The van der Waals surface area contributed by atoms with Gasteiger partial charge in [-0.15, -0.1) is 0 Å². The van der Waals surface area contributed by atoms with Crippen LogP contribution in [-0.2, 0) is 13.7 Å². The molecule has 0 unspecified atom stereocenters. The summed E-state index contributed by atoms with van der Waals surface area (Å²) in [7, 11) is 1.88. The van der Waals surface area contributed by atoms with E-state index in [1.165, 1.54) is 0 Å². The quantitative estimate of drug-likeness (QED) is 0.781. The van der Waals surface area contributed by atoms with Gasteiger partial charge in [-0.1, -0.05) is 12.1 Å². The first kappa shape index (κ1) is 11.6. The second-order valence-corrected chi connectivity index (χ2v) is 4.50. The molecule has 1 heterocycles. The van der Waals surface area contributed by atoms with Gasteiger partial charge in [0.25, 0.3) is 0 Å². The maximum Gasteiger partial charge on any atom is 0.120 e. The minimum atomic E-state index is 0.261. The van der Waals surface area contributed by atoms with Gasteiger partial charge < -0.3 is 9.84 Å². The first-order valence-corrected chi connectivity index (χ1v) is 6.04. The van der Waals surface area contributed by atoms with E-state index in [-0.39, 0.29) is 5.75 Å². The molecule has 0 amide bonds. The standard InChI is InChI=1S/C15H14N2O2/c1-17-9-11(8-16-17)10-19-15-5-3-12-2-4-14(18)6-13(12)7-15/h2-9,18H,10H2,1H3. The second kappa shape index (κ2) is 4.65. The second-order valence-electron chi connectivity index (χ2n) is 4.50. The van der Waals surface area contributed by atoms with E-state index in [1.54, 1.807) is 23.0 Å². The zero-order valence-corrected chi connectivity index (χ0v) is 10.6. The van der Waals surface area contributed by atoms with E-state index >= 15 is 0 Å². The van der Waals surface area contributed by atoms with Crippen LogP contribution in [0.15, 0.2) is 48.8 Å². The number of aromatic nitrogens is 2. The molecule has 0 aliphatic heterocycles. The molecule has 2 aromatic carbocycles. The number of aryl methyl sites for hydroxylation is 1. The van der Waals surface area contributed by atoms with Gasteiger partial charge in [-0.3, -0.25) is 4.68 Å². The molecule has 0 fully saturated rings. The van der Waals surface area contributed by atoms with Crippen molar-refractivity contribution in [2.75, 3.05) is 0 Å². The van der Waals surface area contributed by atoms with Gasteiger partial charge in [0.05, 0.1) is 6.20 Å². The molecule has 19 heavy (non-hydrogen) atoms. The third kappa shape index (κ3) is 2.52. The maximum atomic E-state index is 9.48. The first-order chi connectivity index (χ1) is 9.20. The normalized spacial score (nSPS) is 10.8. The average Bonchev–Trinajstić information content (AvgIpc) is 2.81. The van der Waals surface area contributed by atoms with Crippen molar-refractivity contribution in [3.8, 4) is 11.5 Å². The summed E-state index contributed by atoms with van der Waals surface area (Å²) in [6.45, 7) is 0.484. The molecule has 0 bridgehead atoms. The van der Waals surface area contributed by atoms with Crippen LogP contribution in [0.1, 0.15) is 5.56 Å². The minimum absolute atomic E-state index is 0.261. The molecule has 0 aliphatic rings. The summed E-state index contributed by atoms with van der Waals surface area (Å²) in [4.78, 5) is 0. The molecule has 0 atom stereocenters. The highest BCUT2D eigenvalue weighted by molar-refractivity contribution is 5.85. The summed E-state index contributed by atoms with van der Waals surface area (Å²) in [5.74, 6) is 1.04. The van der Waals surface area contributed by atoms with Crippen molar-refractivity contribution in [3.63, 3.8) is 0 Å². The van der Waals surface area contributed by atoms with E-state index in [0.717, 1.165) is 22.1 Å². The number of phenolic OH excluding ortho intramolecular Hbond substituents is 1. The molecule has 1 N–H and O–H groups in total. The molecule has 0 radical (unpaired) electrons. The first-order valence-electron chi connectivity index (χ1n) is 6.04. The zero-order chi connectivity index (χ0) is 13.2. The van der Waals surface area contributed by atoms with Crippen LogP contribution in [0.4, 0.5) is 0 Å². The van der Waals surface area contributed by atoms with Gasteiger partial charge in [-0.05, 0) is 35.0 Å². The van der Waals surface area contributed by atoms with E-state index in [0.29, 0.717) is 6.61 Å². The Hall–Kier alpha value is -2.49. The molecule has 1 aromatic heterocycles. The lowest BCUT2D eigenvalue weighted by Gasteiger charge is -2.06. The van der Waals surface area contributed by atoms with Crippen LogP contribution >= 0.6 is 0 Å². The molecule has 3 aromatic rings. The van der Waals surface area contributed by atoms with Crippen LogP contribution in [0.2, 0.25) is 0 Å². The van der Waals surface area contributed by atoms with E-state index in [1.807, 2.05) is 37.5 Å². The maximum absolute atomic E-state index is 9.48. The van der Waals surface area contributed by atoms with Crippen molar-refractivity contribution >= 4 is 10.8 Å². The third-order valence-corrected chi connectivity index (χ3v) is 2.96. The molecular formula is C15H14N2O2. The van der Waals surface area contributed by atoms with E-state index in [2.05, 4.69) is 5.10 Å². The fourth-order valence-electron chi connectivity index (χ4n) is 2.02. The Morgan fingerprint density at radius 1 is 1.16 bits per heavy atom. The Morgan fingerprint density at radius 3 is 2.79 bits per heavy atom. The topological polar surface area (TPSA) is 47.3 Å². The van der Waals surface area contributed by atoms with Crippen LogP contribution in [0.25, 0.3) is 10.8 Å². The van der Waals surface area contributed by atoms with Crippen molar-refractivity contribution < 1.29 is 9.84 Å². The van der Waals surface area contributed by atoms with E-state index in [9.17, 15) is 5.11 Å². The zero-order valence-electron chi connectivity index (χ0n) is 10.6. The van der Waals surface area contributed by atoms with Gasteiger partial charge in [0, 0.05) is 18.8 Å². The predicted molar refractivity (Wildman–Crippen MR) is 73.2 cm³/mol. The number of aromatic hydroxyl groups is 1. The summed E-state index contributed by atoms with van der Waals surface area (Å²) >= 11 is 0. The molecule has 4 nitrogen and oxygen atoms in total. The SMILES string of the molecule is Cn1cc(COc2ccc3ccc(O)cc3c2)cn1. The lowest BCUT2D eigenvalue weighted by Crippen LogP contribution is -1.94. The summed E-state index contributed by atoms with van der Waals surface area (Å²) in [5.41, 5.74) is 1.03. The van der Waals surface area contributed by atoms with Gasteiger partial charge in [0.15, 0.2) is 0 Å². The van der Waals surface area contributed by atoms with Gasteiger partial charge in [0.2, 0.25) is 0 Å². The van der Waals surface area contributed by atoms with Crippen molar-refractivity contribution in [1.82, 2.24) is 9.78 Å². The van der Waals surface area contributed by atoms with Crippen LogP contribution in [0.5, 0.6) is 11.5 Å². The van der Waals surface area contributed by atoms with Gasteiger partial charge in [0.1, 0.15) is 18.1 Å². The highest BCUT2D eigenvalue weighted by Gasteiger charge is 2.01. The summed E-state index contributed by atoms with van der Waals surface area (Å²) < 4.78 is 7.47. The Bertz CT molecular complexity index is 719. The summed E-state index contributed by atoms with van der Waals surface area (Å²) in [6.07, 6.45) is 3.71. The molecule has 0 spiro atoms. The predicted octanol–water partition coefficient (Wildman–Crippen LogP) is 2.86. The monoisotopic (exact) mass is 254 g/mol. The molecule has 4 heteroatoms. The molecule has 3 rings (SSSR count). The van der Waals surface area contributed by atoms with Crippen molar-refractivity contribution in [1.29, 1.82) is 0 Å². The smallest absolute Gasteiger partial charge is 0.120 e. The summed E-state index contributed by atoms with van der Waals surface area (Å²) in [5, 5.41) is 15.6. The summed E-state index contributed by atoms with van der Waals surface area (Å²) in [6, 6.07) is 11.1. The third-order valence-electron chi connectivity index (χ3n) is 2.96. The molecule has 0 saturated carbocycles. The van der Waals surface area contributed by atoms with Crippen molar-refractivity contribution in [2.24, 2.45) is 7.05 Å². The van der Waals surface area contributed by atoms with Gasteiger partial charge in [-0.2, -0.15) is 5.10 Å². The lowest BCUT2D eigenvalue weighted by molar-refractivity contribution is 0.306. The van der Waals surface area contributed by atoms with Crippen molar-refractivity contribution in [3.05, 3.63) is 54.4 Å². The Labute approximate surface area is 110 Å². The van der Waals surface area contributed by atoms with E-state index < -0.39 is 0 Å². The molecule has 0 saturated heterocycles. The molecule has 0 aliphatic carbocycles. The van der Waals surface area contributed by atoms with Crippen LogP contribution in [0.3, 0.4) is 0 Å². The van der Waals surface area contributed by atoms with E-state index in [4.69, 9.17) is 4.74 Å². The number of nitrogens with zero attached hydrogens (tertiary/aromatic N) is 2. The number of benzene rings is 2. The average molecular weight is 254 g/mol. The number of hydrogen-bond acceptors (Lipinski definition) is 3. The Morgan fingerprint density at radius 2 is 2.00 bits per heavy atom. The number of rotatable bonds is 3. The van der Waals surface area contributed by atoms with Gasteiger partial charge >= 0.3 is 0 Å². The molecule has 96 valence electrons. The van der Waals surface area contributed by atoms with Crippen LogP contribution in [-0.4, -0.2) is 14.9 Å². The van der Waals surface area contributed by atoms with Gasteiger partial charge in [-0.25, -0.2) is 0 Å². The number of ether oxygens (including phenoxy) is 1. The Balaban J connectivity index is 1.81. The minimum Gasteiger partial charge on any atom is -0.508 e. The lowest BCUT2D eigenvalue weighted by atomic mass is 10.1. The fourth-order valence-corrected chi connectivity index (χ4v) is 2.02. The van der Waals surface area contributed by atoms with Crippen LogP contribution in [0, 0.1) is 0 Å². The number of fused-ring (bicyclic) bond motifs is 1. The fraction of sp³-hybridized carbons (Fsp3) is 0.133. The Kier molecular flexibility index (Phi) is 2.83. The number of phenols is 1. The van der Waals surface area contributed by atoms with Crippen molar-refractivity contribution in [2.45, 2.75) is 6.61 Å². The highest BCUT2D eigenvalue weighted by atomic mass is 16.5. The highest BCUT2D eigenvalue weighted by Crippen LogP contribution is 2.24. The number of hydrogen-bond donors (Lipinski definition) is 1. The molecular weight excluding hydrogens is 240 g/mol. The van der Waals surface area contributed by atoms with Crippen LogP contribution < -0.4 is 4.74 Å².